The summed E-state index contributed by atoms with van der Waals surface area (Å²) in [5.41, 5.74) is 2.74. The number of thiazole rings is 1. The van der Waals surface area contributed by atoms with Crippen LogP contribution in [0.4, 0.5) is 0 Å². The molecule has 1 aromatic heterocycles. The van der Waals surface area contributed by atoms with Crippen molar-refractivity contribution in [2.75, 3.05) is 13.3 Å². The molecular weight excluding hydrogens is 368 g/mol. The SMILES string of the molecule is CN=C(NCc1ccc(S(C)(=O)=O)c(C)c1)NCc1csc(C(C)C)n1. The van der Waals surface area contributed by atoms with Gasteiger partial charge in [-0.15, -0.1) is 11.3 Å². The second-order valence-corrected chi connectivity index (χ2v) is 9.36. The minimum atomic E-state index is -3.19. The standard InChI is InChI=1S/C18H26N4O2S2/c1-12(2)17-22-15(11-25-17)10-21-18(19-4)20-9-14-6-7-16(13(3)8-14)26(5,23)24/h6-8,11-12H,9-10H2,1-5H3,(H2,19,20,21). The molecule has 0 bridgehead atoms. The average Bonchev–Trinajstić information content (AvgIpc) is 3.03. The van der Waals surface area contributed by atoms with Crippen LogP contribution in [0.25, 0.3) is 0 Å². The van der Waals surface area contributed by atoms with Gasteiger partial charge in [0.25, 0.3) is 0 Å². The van der Waals surface area contributed by atoms with Gasteiger partial charge >= 0.3 is 0 Å². The number of guanidine groups is 1. The van der Waals surface area contributed by atoms with Gasteiger partial charge in [0.2, 0.25) is 0 Å². The number of nitrogens with zero attached hydrogens (tertiary/aromatic N) is 2. The predicted octanol–water partition coefficient (Wildman–Crippen LogP) is 2.84. The molecule has 0 unspecified atom stereocenters. The summed E-state index contributed by atoms with van der Waals surface area (Å²) in [6.45, 7) is 7.23. The Hall–Kier alpha value is -1.93. The first-order chi connectivity index (χ1) is 12.2. The first-order valence-corrected chi connectivity index (χ1v) is 11.2. The van der Waals surface area contributed by atoms with E-state index in [9.17, 15) is 8.42 Å². The van der Waals surface area contributed by atoms with E-state index in [0.717, 1.165) is 21.8 Å². The third kappa shape index (κ3) is 5.54. The van der Waals surface area contributed by atoms with Gasteiger partial charge in [-0.3, -0.25) is 4.99 Å². The van der Waals surface area contributed by atoms with Gasteiger partial charge in [0.15, 0.2) is 15.8 Å². The Kier molecular flexibility index (Phi) is 6.77. The zero-order valence-corrected chi connectivity index (χ0v) is 17.5. The van der Waals surface area contributed by atoms with E-state index in [0.29, 0.717) is 29.9 Å². The summed E-state index contributed by atoms with van der Waals surface area (Å²) in [6.07, 6.45) is 1.22. The normalized spacial score (nSPS) is 12.5. The highest BCUT2D eigenvalue weighted by Crippen LogP contribution is 2.19. The van der Waals surface area contributed by atoms with Crippen LogP contribution in [-0.2, 0) is 22.9 Å². The lowest BCUT2D eigenvalue weighted by Gasteiger charge is -2.12. The molecule has 0 saturated carbocycles. The second kappa shape index (κ2) is 8.64. The van der Waals surface area contributed by atoms with Crippen molar-refractivity contribution in [1.29, 1.82) is 0 Å². The number of aliphatic imine (C=N–C) groups is 1. The molecule has 2 rings (SSSR count). The highest BCUT2D eigenvalue weighted by Gasteiger charge is 2.11. The van der Waals surface area contributed by atoms with E-state index in [1.54, 1.807) is 24.5 Å². The Balaban J connectivity index is 1.93. The Morgan fingerprint density at radius 2 is 1.96 bits per heavy atom. The maximum atomic E-state index is 11.7. The largest absolute Gasteiger partial charge is 0.352 e. The molecule has 1 aromatic carbocycles. The van der Waals surface area contributed by atoms with Gasteiger partial charge in [-0.05, 0) is 24.1 Å². The number of hydrogen-bond acceptors (Lipinski definition) is 5. The number of sulfone groups is 1. The molecule has 1 heterocycles. The molecular formula is C18H26N4O2S2. The van der Waals surface area contributed by atoms with Crippen molar-refractivity contribution in [1.82, 2.24) is 15.6 Å². The van der Waals surface area contributed by atoms with Crippen LogP contribution in [0.15, 0.2) is 33.5 Å². The molecule has 0 radical (unpaired) electrons. The van der Waals surface area contributed by atoms with Crippen LogP contribution in [0.2, 0.25) is 0 Å². The van der Waals surface area contributed by atoms with Crippen LogP contribution in [0.1, 0.15) is 41.6 Å². The maximum Gasteiger partial charge on any atom is 0.191 e. The molecule has 2 aromatic rings. The van der Waals surface area contributed by atoms with Crippen molar-refractivity contribution >= 4 is 27.1 Å². The van der Waals surface area contributed by atoms with Crippen molar-refractivity contribution in [3.8, 4) is 0 Å². The van der Waals surface area contributed by atoms with Gasteiger partial charge < -0.3 is 10.6 Å². The molecule has 0 aliphatic heterocycles. The summed E-state index contributed by atoms with van der Waals surface area (Å²) in [7, 11) is -1.48. The maximum absolute atomic E-state index is 11.7. The summed E-state index contributed by atoms with van der Waals surface area (Å²) >= 11 is 1.67. The smallest absolute Gasteiger partial charge is 0.191 e. The fourth-order valence-corrected chi connectivity index (χ4v) is 4.28. The van der Waals surface area contributed by atoms with Gasteiger partial charge in [-0.1, -0.05) is 26.0 Å². The molecule has 0 amide bonds. The summed E-state index contributed by atoms with van der Waals surface area (Å²) < 4.78 is 23.4. The summed E-state index contributed by atoms with van der Waals surface area (Å²) in [5, 5.41) is 9.67. The molecule has 6 nitrogen and oxygen atoms in total. The topological polar surface area (TPSA) is 83.5 Å². The molecule has 0 aliphatic rings. The Morgan fingerprint density at radius 3 is 2.50 bits per heavy atom. The number of aryl methyl sites for hydroxylation is 1. The lowest BCUT2D eigenvalue weighted by atomic mass is 10.1. The van der Waals surface area contributed by atoms with Crippen molar-refractivity contribution < 1.29 is 8.42 Å². The van der Waals surface area contributed by atoms with E-state index in [4.69, 9.17) is 0 Å². The first kappa shape index (κ1) is 20.4. The minimum absolute atomic E-state index is 0.369. The second-order valence-electron chi connectivity index (χ2n) is 6.48. The highest BCUT2D eigenvalue weighted by atomic mass is 32.2. The van der Waals surface area contributed by atoms with Crippen LogP contribution in [0, 0.1) is 6.92 Å². The van der Waals surface area contributed by atoms with Crippen LogP contribution in [0.3, 0.4) is 0 Å². The molecule has 0 aliphatic carbocycles. The molecule has 8 heteroatoms. The van der Waals surface area contributed by atoms with E-state index in [1.807, 2.05) is 19.1 Å². The molecule has 142 valence electrons. The third-order valence-corrected chi connectivity index (χ3v) is 6.27. The fourth-order valence-electron chi connectivity index (χ4n) is 2.49. The van der Waals surface area contributed by atoms with Crippen molar-refractivity contribution in [2.45, 2.75) is 44.7 Å². The summed E-state index contributed by atoms with van der Waals surface area (Å²) in [5.74, 6) is 1.11. The number of aromatic nitrogens is 1. The van der Waals surface area contributed by atoms with E-state index in [-0.39, 0.29) is 0 Å². The Morgan fingerprint density at radius 1 is 1.27 bits per heavy atom. The van der Waals surface area contributed by atoms with Crippen LogP contribution in [0.5, 0.6) is 0 Å². The van der Waals surface area contributed by atoms with Gasteiger partial charge in [0.1, 0.15) is 0 Å². The van der Waals surface area contributed by atoms with E-state index in [2.05, 4.69) is 39.8 Å². The van der Waals surface area contributed by atoms with E-state index < -0.39 is 9.84 Å². The number of benzene rings is 1. The fraction of sp³-hybridized carbons (Fsp3) is 0.444. The van der Waals surface area contributed by atoms with Crippen LogP contribution >= 0.6 is 11.3 Å². The molecule has 26 heavy (non-hydrogen) atoms. The summed E-state index contributed by atoms with van der Waals surface area (Å²) in [4.78, 5) is 9.18. The first-order valence-electron chi connectivity index (χ1n) is 8.39. The third-order valence-electron chi connectivity index (χ3n) is 3.82. The van der Waals surface area contributed by atoms with Crippen molar-refractivity contribution in [2.24, 2.45) is 4.99 Å². The van der Waals surface area contributed by atoms with Crippen LogP contribution in [-0.4, -0.2) is 32.7 Å². The summed E-state index contributed by atoms with van der Waals surface area (Å²) in [6, 6.07) is 5.35. The molecule has 0 atom stereocenters. The lowest BCUT2D eigenvalue weighted by molar-refractivity contribution is 0.601. The van der Waals surface area contributed by atoms with E-state index in [1.165, 1.54) is 6.26 Å². The minimum Gasteiger partial charge on any atom is -0.352 e. The van der Waals surface area contributed by atoms with Crippen molar-refractivity contribution in [3.63, 3.8) is 0 Å². The Labute approximate surface area is 159 Å². The average molecular weight is 395 g/mol. The monoisotopic (exact) mass is 394 g/mol. The molecule has 0 saturated heterocycles. The predicted molar refractivity (Wildman–Crippen MR) is 108 cm³/mol. The number of rotatable bonds is 6. The van der Waals surface area contributed by atoms with Gasteiger partial charge in [0, 0.05) is 31.1 Å². The van der Waals surface area contributed by atoms with Gasteiger partial charge in [-0.25, -0.2) is 13.4 Å². The van der Waals surface area contributed by atoms with Crippen molar-refractivity contribution in [3.05, 3.63) is 45.4 Å². The number of nitrogens with one attached hydrogen (secondary N) is 2. The molecule has 0 spiro atoms. The Bertz CT molecular complexity index is 886. The molecule has 2 N–H and O–H groups in total. The lowest BCUT2D eigenvalue weighted by Crippen LogP contribution is -2.36. The van der Waals surface area contributed by atoms with Crippen LogP contribution < -0.4 is 10.6 Å². The number of hydrogen-bond donors (Lipinski definition) is 2. The highest BCUT2D eigenvalue weighted by molar-refractivity contribution is 7.90. The quantitative estimate of drug-likeness (QED) is 0.581. The van der Waals surface area contributed by atoms with E-state index >= 15 is 0 Å². The zero-order chi connectivity index (χ0) is 19.3. The zero-order valence-electron chi connectivity index (χ0n) is 15.8. The van der Waals surface area contributed by atoms with Gasteiger partial charge in [0.05, 0.1) is 22.1 Å². The molecule has 0 fully saturated rings. The van der Waals surface area contributed by atoms with Gasteiger partial charge in [-0.2, -0.15) is 0 Å².